The van der Waals surface area contributed by atoms with Gasteiger partial charge in [0, 0.05) is 32.4 Å². The van der Waals surface area contributed by atoms with Crippen LogP contribution in [0.15, 0.2) is 30.5 Å². The van der Waals surface area contributed by atoms with Gasteiger partial charge in [-0.1, -0.05) is 17.3 Å². The first-order valence-electron chi connectivity index (χ1n) is 10.3. The van der Waals surface area contributed by atoms with E-state index in [2.05, 4.69) is 10.3 Å². The second kappa shape index (κ2) is 10.1. The number of rotatable bonds is 12. The van der Waals surface area contributed by atoms with Crippen molar-refractivity contribution in [1.29, 1.82) is 0 Å². The molecule has 1 aromatic heterocycles. The molecule has 2 aromatic rings. The number of carbonyl (C=O) groups excluding carboxylic acids is 2. The molecule has 1 aliphatic heterocycles. The topological polar surface area (TPSA) is 95.8 Å². The number of hydrogen-bond donors (Lipinski definition) is 0. The molecular formula is C20H28N4O5Si. The maximum Gasteiger partial charge on any atom is 0.500 e. The number of hydrogen-bond acceptors (Lipinski definition) is 7. The van der Waals surface area contributed by atoms with Gasteiger partial charge < -0.3 is 13.3 Å². The van der Waals surface area contributed by atoms with Crippen LogP contribution in [0.2, 0.25) is 6.04 Å². The lowest BCUT2D eigenvalue weighted by Crippen LogP contribution is -2.46. The van der Waals surface area contributed by atoms with Gasteiger partial charge in [-0.2, -0.15) is 0 Å². The minimum Gasteiger partial charge on any atom is -0.374 e. The summed E-state index contributed by atoms with van der Waals surface area (Å²) in [6.45, 7) is 8.13. The number of fused-ring (bicyclic) bond motifs is 1. The van der Waals surface area contributed by atoms with Crippen molar-refractivity contribution in [2.75, 3.05) is 19.8 Å². The molecule has 0 bridgehead atoms. The van der Waals surface area contributed by atoms with Crippen LogP contribution in [-0.2, 0) is 26.4 Å². The number of amides is 2. The van der Waals surface area contributed by atoms with E-state index in [4.69, 9.17) is 13.3 Å². The molecule has 0 saturated heterocycles. The molecule has 0 atom stereocenters. The van der Waals surface area contributed by atoms with Gasteiger partial charge in [0.25, 0.3) is 11.8 Å². The SMILES string of the molecule is CCO[Si](CCCn1cc(CN2C(=O)c3ccccc3C2=O)nn1)(OCC)OCC. The Labute approximate surface area is 177 Å². The Kier molecular flexibility index (Phi) is 7.48. The molecule has 3 rings (SSSR count). The Morgan fingerprint density at radius 3 is 2.03 bits per heavy atom. The molecule has 0 unspecified atom stereocenters. The first kappa shape index (κ1) is 22.3. The Morgan fingerprint density at radius 1 is 0.933 bits per heavy atom. The summed E-state index contributed by atoms with van der Waals surface area (Å²) in [5.41, 5.74) is 1.42. The molecule has 2 amide bonds. The maximum absolute atomic E-state index is 12.5. The Balaban J connectivity index is 1.58. The maximum atomic E-state index is 12.5. The first-order valence-corrected chi connectivity index (χ1v) is 12.2. The lowest BCUT2D eigenvalue weighted by molar-refractivity contribution is 0.0638. The van der Waals surface area contributed by atoms with E-state index in [1.54, 1.807) is 35.1 Å². The second-order valence-corrected chi connectivity index (χ2v) is 9.53. The van der Waals surface area contributed by atoms with E-state index in [9.17, 15) is 9.59 Å². The molecule has 1 aromatic carbocycles. The van der Waals surface area contributed by atoms with Crippen LogP contribution >= 0.6 is 0 Å². The van der Waals surface area contributed by atoms with E-state index in [0.29, 0.717) is 49.2 Å². The van der Waals surface area contributed by atoms with Crippen molar-refractivity contribution in [3.8, 4) is 0 Å². The minimum absolute atomic E-state index is 0.0991. The quantitative estimate of drug-likeness (QED) is 0.376. The van der Waals surface area contributed by atoms with E-state index in [0.717, 1.165) is 6.42 Å². The van der Waals surface area contributed by atoms with Gasteiger partial charge in [-0.3, -0.25) is 19.2 Å². The monoisotopic (exact) mass is 432 g/mol. The molecule has 0 N–H and O–H groups in total. The number of aromatic nitrogens is 3. The zero-order chi connectivity index (χ0) is 21.6. The zero-order valence-corrected chi connectivity index (χ0v) is 18.7. The summed E-state index contributed by atoms with van der Waals surface area (Å²) in [4.78, 5) is 26.2. The van der Waals surface area contributed by atoms with Crippen molar-refractivity contribution in [3.05, 3.63) is 47.3 Å². The van der Waals surface area contributed by atoms with Crippen molar-refractivity contribution in [2.45, 2.75) is 46.3 Å². The van der Waals surface area contributed by atoms with Crippen molar-refractivity contribution < 1.29 is 22.9 Å². The van der Waals surface area contributed by atoms with Crippen LogP contribution in [-0.4, -0.2) is 60.3 Å². The molecule has 162 valence electrons. The van der Waals surface area contributed by atoms with Crippen LogP contribution in [0.3, 0.4) is 0 Å². The van der Waals surface area contributed by atoms with E-state index >= 15 is 0 Å². The Morgan fingerprint density at radius 2 is 1.50 bits per heavy atom. The van der Waals surface area contributed by atoms with Gasteiger partial charge in [0.15, 0.2) is 0 Å². The van der Waals surface area contributed by atoms with E-state index in [-0.39, 0.29) is 18.4 Å². The third-order valence-corrected chi connectivity index (χ3v) is 7.90. The highest BCUT2D eigenvalue weighted by atomic mass is 28.4. The highest BCUT2D eigenvalue weighted by molar-refractivity contribution is 6.60. The van der Waals surface area contributed by atoms with Crippen LogP contribution in [0.4, 0.5) is 0 Å². The van der Waals surface area contributed by atoms with Crippen LogP contribution in [0.25, 0.3) is 0 Å². The smallest absolute Gasteiger partial charge is 0.374 e. The molecule has 10 heteroatoms. The van der Waals surface area contributed by atoms with Gasteiger partial charge in [-0.15, -0.1) is 5.10 Å². The molecule has 0 radical (unpaired) electrons. The summed E-state index contributed by atoms with van der Waals surface area (Å²) in [5, 5.41) is 8.25. The molecular weight excluding hydrogens is 404 g/mol. The molecule has 0 fully saturated rings. The van der Waals surface area contributed by atoms with Gasteiger partial charge in [0.1, 0.15) is 5.69 Å². The van der Waals surface area contributed by atoms with Crippen molar-refractivity contribution in [1.82, 2.24) is 19.9 Å². The summed E-state index contributed by atoms with van der Waals surface area (Å²) in [6, 6.07) is 7.51. The lowest BCUT2D eigenvalue weighted by atomic mass is 10.1. The van der Waals surface area contributed by atoms with Gasteiger partial charge in [0.05, 0.1) is 23.9 Å². The van der Waals surface area contributed by atoms with Crippen LogP contribution in [0.5, 0.6) is 0 Å². The van der Waals surface area contributed by atoms with E-state index in [1.807, 2.05) is 20.8 Å². The average molecular weight is 433 g/mol. The average Bonchev–Trinajstić information content (AvgIpc) is 3.27. The standard InChI is InChI=1S/C20H28N4O5Si/c1-4-27-30(28-5-2,29-6-3)13-9-12-23-14-16(21-22-23)15-24-19(25)17-10-7-8-11-18(17)20(24)26/h7-8,10-11,14H,4-6,9,12-13,15H2,1-3H3. The largest absolute Gasteiger partial charge is 0.500 e. The molecule has 9 nitrogen and oxygen atoms in total. The number of carbonyl (C=O) groups is 2. The van der Waals surface area contributed by atoms with Crippen LogP contribution < -0.4 is 0 Å². The van der Waals surface area contributed by atoms with Crippen LogP contribution in [0, 0.1) is 0 Å². The molecule has 0 spiro atoms. The van der Waals surface area contributed by atoms with Crippen LogP contribution in [0.1, 0.15) is 53.6 Å². The highest BCUT2D eigenvalue weighted by Gasteiger charge is 2.39. The fourth-order valence-electron chi connectivity index (χ4n) is 3.52. The van der Waals surface area contributed by atoms with Crippen molar-refractivity contribution in [3.63, 3.8) is 0 Å². The summed E-state index contributed by atoms with van der Waals surface area (Å²) >= 11 is 0. The Bertz CT molecular complexity index is 836. The number of aryl methyl sites for hydroxylation is 1. The first-order chi connectivity index (χ1) is 14.5. The number of imide groups is 1. The van der Waals surface area contributed by atoms with Crippen molar-refractivity contribution in [2.24, 2.45) is 0 Å². The summed E-state index contributed by atoms with van der Waals surface area (Å²) in [5.74, 6) is -0.600. The van der Waals surface area contributed by atoms with Gasteiger partial charge in [-0.25, -0.2) is 0 Å². The summed E-state index contributed by atoms with van der Waals surface area (Å²) < 4.78 is 19.3. The fraction of sp³-hybridized carbons (Fsp3) is 0.500. The molecule has 1 aliphatic rings. The highest BCUT2D eigenvalue weighted by Crippen LogP contribution is 2.24. The third-order valence-electron chi connectivity index (χ3n) is 4.75. The summed E-state index contributed by atoms with van der Waals surface area (Å²) in [6.07, 6.45) is 2.51. The summed E-state index contributed by atoms with van der Waals surface area (Å²) in [7, 11) is -2.69. The molecule has 0 aliphatic carbocycles. The normalized spacial score (nSPS) is 13.9. The predicted octanol–water partition coefficient (Wildman–Crippen LogP) is 2.51. The predicted molar refractivity (Wildman–Crippen MR) is 111 cm³/mol. The number of benzene rings is 1. The minimum atomic E-state index is -2.69. The second-order valence-electron chi connectivity index (χ2n) is 6.80. The fourth-order valence-corrected chi connectivity index (χ4v) is 6.12. The van der Waals surface area contributed by atoms with E-state index < -0.39 is 8.80 Å². The van der Waals surface area contributed by atoms with Crippen molar-refractivity contribution >= 4 is 20.6 Å². The van der Waals surface area contributed by atoms with E-state index in [1.165, 1.54) is 4.90 Å². The molecule has 2 heterocycles. The third kappa shape index (κ3) is 4.83. The molecule has 0 saturated carbocycles. The Hall–Kier alpha value is -2.40. The van der Waals surface area contributed by atoms with Gasteiger partial charge in [-0.05, 0) is 39.3 Å². The van der Waals surface area contributed by atoms with Gasteiger partial charge >= 0.3 is 8.80 Å². The lowest BCUT2D eigenvalue weighted by Gasteiger charge is -2.28. The molecule has 30 heavy (non-hydrogen) atoms. The number of nitrogens with zero attached hydrogens (tertiary/aromatic N) is 4. The van der Waals surface area contributed by atoms with Gasteiger partial charge in [0.2, 0.25) is 0 Å². The zero-order valence-electron chi connectivity index (χ0n) is 17.7.